The monoisotopic (exact) mass is 327 g/mol. The highest BCUT2D eigenvalue weighted by Crippen LogP contribution is 2.34. The first kappa shape index (κ1) is 15.9. The lowest BCUT2D eigenvalue weighted by Gasteiger charge is -2.12. The first-order valence-electron chi connectivity index (χ1n) is 7.80. The van der Waals surface area contributed by atoms with Crippen LogP contribution in [0.15, 0.2) is 40.4 Å². The van der Waals surface area contributed by atoms with Crippen molar-refractivity contribution >= 4 is 39.8 Å². The minimum atomic E-state index is 0.0102. The Morgan fingerprint density at radius 1 is 1.35 bits per heavy atom. The molecule has 1 saturated heterocycles. The van der Waals surface area contributed by atoms with Crippen molar-refractivity contribution < 1.29 is 4.79 Å². The van der Waals surface area contributed by atoms with E-state index in [4.69, 9.17) is 0 Å². The zero-order valence-electron chi connectivity index (χ0n) is 13.9. The van der Waals surface area contributed by atoms with Crippen molar-refractivity contribution in [1.82, 2.24) is 9.47 Å². The molecule has 23 heavy (non-hydrogen) atoms. The van der Waals surface area contributed by atoms with Crippen LogP contribution in [0, 0.1) is 0 Å². The van der Waals surface area contributed by atoms with E-state index in [1.807, 2.05) is 12.1 Å². The van der Waals surface area contributed by atoms with E-state index in [0.29, 0.717) is 6.04 Å². The minimum absolute atomic E-state index is 0.0102. The standard InChI is InChI=1S/C18H21N3OS/c1-5-12(2)21-11-13(14-8-6-7-9-15(14)21)10-16-17(22)20(4)18(19-3)23-16/h6-12H,5H2,1-4H3/b16-10-,19-18?. The van der Waals surface area contributed by atoms with Crippen molar-refractivity contribution in [3.05, 3.63) is 40.9 Å². The Hall–Kier alpha value is -2.01. The Kier molecular flexibility index (Phi) is 4.31. The second-order valence-electron chi connectivity index (χ2n) is 5.75. The summed E-state index contributed by atoms with van der Waals surface area (Å²) in [4.78, 5) is 18.8. The molecule has 1 aliphatic rings. The SMILES string of the molecule is CCC(C)n1cc(/C=C2\SC(=NC)N(C)C2=O)c2ccccc21. The van der Waals surface area contributed by atoms with E-state index in [0.717, 1.165) is 22.1 Å². The number of nitrogens with zero attached hydrogens (tertiary/aromatic N) is 3. The van der Waals surface area contributed by atoms with Crippen LogP contribution in [0.3, 0.4) is 0 Å². The van der Waals surface area contributed by atoms with E-state index < -0.39 is 0 Å². The van der Waals surface area contributed by atoms with Crippen LogP contribution in [-0.4, -0.2) is 34.6 Å². The smallest absolute Gasteiger partial charge is 0.266 e. The maximum absolute atomic E-state index is 12.4. The number of carbonyl (C=O) groups excluding carboxylic acids is 1. The quantitative estimate of drug-likeness (QED) is 0.794. The molecule has 0 spiro atoms. The maximum Gasteiger partial charge on any atom is 0.266 e. The first-order valence-corrected chi connectivity index (χ1v) is 8.62. The molecule has 4 nitrogen and oxygen atoms in total. The molecule has 1 unspecified atom stereocenters. The Morgan fingerprint density at radius 2 is 2.09 bits per heavy atom. The number of hydrogen-bond donors (Lipinski definition) is 0. The summed E-state index contributed by atoms with van der Waals surface area (Å²) in [6, 6.07) is 8.78. The molecule has 1 atom stereocenters. The molecule has 120 valence electrons. The molecule has 0 radical (unpaired) electrons. The Bertz CT molecular complexity index is 819. The number of carbonyl (C=O) groups is 1. The third kappa shape index (κ3) is 2.70. The first-order chi connectivity index (χ1) is 11.1. The van der Waals surface area contributed by atoms with Gasteiger partial charge in [-0.2, -0.15) is 0 Å². The van der Waals surface area contributed by atoms with Crippen LogP contribution in [0.2, 0.25) is 0 Å². The summed E-state index contributed by atoms with van der Waals surface area (Å²) >= 11 is 1.43. The molecule has 1 fully saturated rings. The molecular weight excluding hydrogens is 306 g/mol. The average molecular weight is 327 g/mol. The van der Waals surface area contributed by atoms with Crippen LogP contribution in [0.25, 0.3) is 17.0 Å². The van der Waals surface area contributed by atoms with Gasteiger partial charge in [-0.15, -0.1) is 0 Å². The molecule has 2 heterocycles. The Morgan fingerprint density at radius 3 is 2.74 bits per heavy atom. The summed E-state index contributed by atoms with van der Waals surface area (Å²) in [5.41, 5.74) is 2.30. The number of fused-ring (bicyclic) bond motifs is 1. The number of para-hydroxylation sites is 1. The van der Waals surface area contributed by atoms with Crippen molar-refractivity contribution in [2.45, 2.75) is 26.3 Å². The molecular formula is C18H21N3OS. The van der Waals surface area contributed by atoms with Crippen LogP contribution < -0.4 is 0 Å². The molecule has 0 N–H and O–H groups in total. The van der Waals surface area contributed by atoms with Crippen LogP contribution in [0.5, 0.6) is 0 Å². The highest BCUT2D eigenvalue weighted by atomic mass is 32.2. The molecule has 1 aliphatic heterocycles. The van der Waals surface area contributed by atoms with Crippen LogP contribution >= 0.6 is 11.8 Å². The van der Waals surface area contributed by atoms with Gasteiger partial charge in [0.25, 0.3) is 5.91 Å². The number of aliphatic imine (C=N–C) groups is 1. The number of amides is 1. The van der Waals surface area contributed by atoms with Gasteiger partial charge in [0.2, 0.25) is 0 Å². The molecule has 1 amide bonds. The predicted molar refractivity (Wildman–Crippen MR) is 98.6 cm³/mol. The fourth-order valence-corrected chi connectivity index (χ4v) is 3.72. The topological polar surface area (TPSA) is 37.6 Å². The molecule has 1 aromatic carbocycles. The van der Waals surface area contributed by atoms with Gasteiger partial charge in [-0.25, -0.2) is 0 Å². The fourth-order valence-electron chi connectivity index (χ4n) is 2.80. The van der Waals surface area contributed by atoms with Crippen LogP contribution in [-0.2, 0) is 4.79 Å². The molecule has 1 aromatic heterocycles. The Balaban J connectivity index is 2.11. The molecule has 3 rings (SSSR count). The second kappa shape index (κ2) is 6.24. The summed E-state index contributed by atoms with van der Waals surface area (Å²) in [6.07, 6.45) is 5.21. The normalized spacial score (nSPS) is 20.2. The van der Waals surface area contributed by atoms with E-state index in [9.17, 15) is 4.79 Å². The van der Waals surface area contributed by atoms with Gasteiger partial charge in [0.15, 0.2) is 5.17 Å². The number of thioether (sulfide) groups is 1. The van der Waals surface area contributed by atoms with E-state index in [1.165, 1.54) is 22.7 Å². The largest absolute Gasteiger partial charge is 0.344 e. The van der Waals surface area contributed by atoms with Crippen molar-refractivity contribution in [3.63, 3.8) is 0 Å². The number of amidine groups is 1. The van der Waals surface area contributed by atoms with Gasteiger partial charge >= 0.3 is 0 Å². The number of aromatic nitrogens is 1. The van der Waals surface area contributed by atoms with Crippen LogP contribution in [0.4, 0.5) is 0 Å². The van der Waals surface area contributed by atoms with Gasteiger partial charge in [-0.1, -0.05) is 25.1 Å². The third-order valence-corrected chi connectivity index (χ3v) is 5.47. The summed E-state index contributed by atoms with van der Waals surface area (Å²) in [7, 11) is 3.48. The van der Waals surface area contributed by atoms with Gasteiger partial charge in [0, 0.05) is 42.8 Å². The summed E-state index contributed by atoms with van der Waals surface area (Å²) < 4.78 is 2.30. The lowest BCUT2D eigenvalue weighted by molar-refractivity contribution is -0.121. The molecule has 2 aromatic rings. The van der Waals surface area contributed by atoms with Gasteiger partial charge in [0.1, 0.15) is 0 Å². The zero-order chi connectivity index (χ0) is 16.6. The van der Waals surface area contributed by atoms with Crippen molar-refractivity contribution in [3.8, 4) is 0 Å². The summed E-state index contributed by atoms with van der Waals surface area (Å²) in [6.45, 7) is 4.40. The molecule has 0 bridgehead atoms. The highest BCUT2D eigenvalue weighted by molar-refractivity contribution is 8.18. The van der Waals surface area contributed by atoms with Gasteiger partial charge < -0.3 is 4.57 Å². The average Bonchev–Trinajstić information content (AvgIpc) is 3.07. The van der Waals surface area contributed by atoms with E-state index in [1.54, 1.807) is 19.0 Å². The van der Waals surface area contributed by atoms with E-state index >= 15 is 0 Å². The lowest BCUT2D eigenvalue weighted by atomic mass is 10.1. The predicted octanol–water partition coefficient (Wildman–Crippen LogP) is 4.14. The van der Waals surface area contributed by atoms with Crippen molar-refractivity contribution in [2.24, 2.45) is 4.99 Å². The highest BCUT2D eigenvalue weighted by Gasteiger charge is 2.30. The molecule has 0 saturated carbocycles. The lowest BCUT2D eigenvalue weighted by Crippen LogP contribution is -2.23. The van der Waals surface area contributed by atoms with Gasteiger partial charge in [-0.3, -0.25) is 14.7 Å². The van der Waals surface area contributed by atoms with Crippen molar-refractivity contribution in [2.75, 3.05) is 14.1 Å². The fraction of sp³-hybridized carbons (Fsp3) is 0.333. The summed E-state index contributed by atoms with van der Waals surface area (Å²) in [5, 5.41) is 1.92. The minimum Gasteiger partial charge on any atom is -0.344 e. The summed E-state index contributed by atoms with van der Waals surface area (Å²) in [5.74, 6) is 0.0102. The van der Waals surface area contributed by atoms with Gasteiger partial charge in [-0.05, 0) is 37.2 Å². The van der Waals surface area contributed by atoms with E-state index in [-0.39, 0.29) is 5.91 Å². The number of likely N-dealkylation sites (N-methyl/N-ethyl adjacent to an activating group) is 1. The Labute approximate surface area is 140 Å². The van der Waals surface area contributed by atoms with Crippen molar-refractivity contribution in [1.29, 1.82) is 0 Å². The third-order valence-electron chi connectivity index (χ3n) is 4.32. The van der Waals surface area contributed by atoms with Gasteiger partial charge in [0.05, 0.1) is 4.91 Å². The number of benzene rings is 1. The molecule has 0 aliphatic carbocycles. The van der Waals surface area contributed by atoms with Crippen LogP contribution in [0.1, 0.15) is 31.9 Å². The number of hydrogen-bond acceptors (Lipinski definition) is 3. The number of rotatable bonds is 3. The zero-order valence-corrected chi connectivity index (χ0v) is 14.7. The molecule has 5 heteroatoms. The second-order valence-corrected chi connectivity index (χ2v) is 6.76. The maximum atomic E-state index is 12.4. The van der Waals surface area contributed by atoms with E-state index in [2.05, 4.69) is 47.8 Å².